The minimum Gasteiger partial charge on any atom is -0.493 e. The molecule has 174 valence electrons. The summed E-state index contributed by atoms with van der Waals surface area (Å²) in [4.78, 5) is 29.2. The Morgan fingerprint density at radius 3 is 2.45 bits per heavy atom. The first kappa shape index (κ1) is 24.3. The minimum atomic E-state index is -0.310. The molecule has 0 saturated carbocycles. The van der Waals surface area contributed by atoms with E-state index in [1.165, 1.54) is 29.6 Å². The number of carbonyl (C=O) groups excluding carboxylic acids is 2. The van der Waals surface area contributed by atoms with Gasteiger partial charge < -0.3 is 14.8 Å². The molecule has 0 aliphatic heterocycles. The number of ether oxygens (including phenoxy) is 2. The number of hydrogen-bond acceptors (Lipinski definition) is 6. The van der Waals surface area contributed by atoms with Crippen molar-refractivity contribution in [2.45, 2.75) is 40.7 Å². The van der Waals surface area contributed by atoms with Gasteiger partial charge in [0.1, 0.15) is 0 Å². The molecular formula is C25H29N3O4S. The van der Waals surface area contributed by atoms with E-state index in [1.807, 2.05) is 19.2 Å². The maximum Gasteiger partial charge on any atom is 0.258 e. The van der Waals surface area contributed by atoms with Gasteiger partial charge in [-0.3, -0.25) is 14.9 Å². The number of amides is 2. The number of aromatic nitrogens is 1. The summed E-state index contributed by atoms with van der Waals surface area (Å²) in [5, 5.41) is 8.05. The zero-order chi connectivity index (χ0) is 24.1. The maximum absolute atomic E-state index is 12.8. The van der Waals surface area contributed by atoms with Gasteiger partial charge in [0.15, 0.2) is 23.2 Å². The molecule has 0 spiro atoms. The fraction of sp³-hybridized carbons (Fsp3) is 0.320. The lowest BCUT2D eigenvalue weighted by Crippen LogP contribution is -2.34. The van der Waals surface area contributed by atoms with Gasteiger partial charge in [-0.1, -0.05) is 6.07 Å². The molecule has 0 radical (unpaired) electrons. The van der Waals surface area contributed by atoms with E-state index < -0.39 is 0 Å². The van der Waals surface area contributed by atoms with Crippen LogP contribution in [0.4, 0.5) is 5.13 Å². The molecule has 3 aromatic rings. The summed E-state index contributed by atoms with van der Waals surface area (Å²) in [7, 11) is 1.48. The molecule has 7 nitrogen and oxygen atoms in total. The number of carbonyl (C=O) groups is 2. The summed E-state index contributed by atoms with van der Waals surface area (Å²) in [5.41, 5.74) is 5.86. The van der Waals surface area contributed by atoms with Crippen LogP contribution in [0.1, 0.15) is 40.9 Å². The van der Waals surface area contributed by atoms with E-state index in [0.29, 0.717) is 22.2 Å². The molecular weight excluding hydrogens is 438 g/mol. The molecule has 8 heteroatoms. The first-order chi connectivity index (χ1) is 15.7. The van der Waals surface area contributed by atoms with Gasteiger partial charge in [-0.15, -0.1) is 11.3 Å². The Bertz CT molecular complexity index is 1170. The van der Waals surface area contributed by atoms with Crippen molar-refractivity contribution in [3.05, 3.63) is 58.0 Å². The molecule has 0 aliphatic carbocycles. The van der Waals surface area contributed by atoms with Crippen LogP contribution in [0.2, 0.25) is 0 Å². The number of rotatable bonds is 8. The number of anilines is 1. The molecule has 0 atom stereocenters. The first-order valence-electron chi connectivity index (χ1n) is 10.6. The van der Waals surface area contributed by atoms with Crippen molar-refractivity contribution in [2.24, 2.45) is 0 Å². The highest BCUT2D eigenvalue weighted by Crippen LogP contribution is 2.31. The largest absolute Gasteiger partial charge is 0.493 e. The molecule has 1 heterocycles. The van der Waals surface area contributed by atoms with Crippen molar-refractivity contribution >= 4 is 28.3 Å². The number of thiazole rings is 1. The van der Waals surface area contributed by atoms with E-state index in [2.05, 4.69) is 48.5 Å². The topological polar surface area (TPSA) is 89.6 Å². The van der Waals surface area contributed by atoms with E-state index in [9.17, 15) is 9.59 Å². The zero-order valence-corrected chi connectivity index (χ0v) is 20.6. The van der Waals surface area contributed by atoms with Crippen LogP contribution < -0.4 is 20.1 Å². The lowest BCUT2D eigenvalue weighted by molar-refractivity contribution is -0.123. The van der Waals surface area contributed by atoms with Crippen LogP contribution in [0.15, 0.2) is 35.7 Å². The van der Waals surface area contributed by atoms with Crippen molar-refractivity contribution < 1.29 is 19.1 Å². The third kappa shape index (κ3) is 6.10. The van der Waals surface area contributed by atoms with E-state index in [-0.39, 0.29) is 24.5 Å². The molecule has 0 aliphatic rings. The van der Waals surface area contributed by atoms with E-state index in [4.69, 9.17) is 9.47 Å². The first-order valence-corrected chi connectivity index (χ1v) is 11.5. The van der Waals surface area contributed by atoms with Gasteiger partial charge >= 0.3 is 0 Å². The van der Waals surface area contributed by atoms with Gasteiger partial charge in [-0.05, 0) is 75.6 Å². The third-order valence-corrected chi connectivity index (χ3v) is 5.83. The van der Waals surface area contributed by atoms with Gasteiger partial charge in [0, 0.05) is 22.5 Å². The Labute approximate surface area is 198 Å². The second kappa shape index (κ2) is 10.5. The maximum atomic E-state index is 12.8. The van der Waals surface area contributed by atoms with Crippen LogP contribution in [0, 0.1) is 20.8 Å². The Morgan fingerprint density at radius 2 is 1.76 bits per heavy atom. The monoisotopic (exact) mass is 467 g/mol. The van der Waals surface area contributed by atoms with Crippen molar-refractivity contribution in [2.75, 3.05) is 19.0 Å². The molecule has 0 saturated heterocycles. The zero-order valence-electron chi connectivity index (χ0n) is 19.7. The normalized spacial score (nSPS) is 10.8. The number of hydrogen-bond donors (Lipinski definition) is 2. The summed E-state index contributed by atoms with van der Waals surface area (Å²) in [6, 6.07) is 9.10. The predicted octanol–water partition coefficient (Wildman–Crippen LogP) is 4.90. The molecule has 0 fully saturated rings. The average molecular weight is 468 g/mol. The van der Waals surface area contributed by atoms with Gasteiger partial charge in [-0.2, -0.15) is 0 Å². The fourth-order valence-corrected chi connectivity index (χ4v) is 4.00. The lowest BCUT2D eigenvalue weighted by Gasteiger charge is -2.13. The second-order valence-electron chi connectivity index (χ2n) is 8.12. The minimum absolute atomic E-state index is 0.0272. The van der Waals surface area contributed by atoms with Crippen LogP contribution >= 0.6 is 11.3 Å². The fourth-order valence-electron chi connectivity index (χ4n) is 3.30. The summed E-state index contributed by atoms with van der Waals surface area (Å²) in [6.45, 7) is 9.83. The average Bonchev–Trinajstić information content (AvgIpc) is 3.22. The number of nitrogens with one attached hydrogen (secondary N) is 2. The predicted molar refractivity (Wildman–Crippen MR) is 131 cm³/mol. The number of aryl methyl sites for hydroxylation is 3. The summed E-state index contributed by atoms with van der Waals surface area (Å²) < 4.78 is 10.9. The smallest absolute Gasteiger partial charge is 0.258 e. The third-order valence-electron chi connectivity index (χ3n) is 5.08. The molecule has 2 amide bonds. The quantitative estimate of drug-likeness (QED) is 0.492. The molecule has 2 N–H and O–H groups in total. The number of methoxy groups -OCH3 is 1. The highest BCUT2D eigenvalue weighted by Gasteiger charge is 2.15. The lowest BCUT2D eigenvalue weighted by atomic mass is 9.99. The summed E-state index contributed by atoms with van der Waals surface area (Å²) in [6.07, 6.45) is 0. The van der Waals surface area contributed by atoms with E-state index in [1.54, 1.807) is 18.2 Å². The van der Waals surface area contributed by atoms with Gasteiger partial charge in [0.05, 0.1) is 12.8 Å². The Hall–Kier alpha value is -3.39. The summed E-state index contributed by atoms with van der Waals surface area (Å²) >= 11 is 1.37. The molecule has 1 aromatic heterocycles. The highest BCUT2D eigenvalue weighted by molar-refractivity contribution is 7.14. The van der Waals surface area contributed by atoms with Crippen molar-refractivity contribution in [1.29, 1.82) is 0 Å². The van der Waals surface area contributed by atoms with Gasteiger partial charge in [0.2, 0.25) is 0 Å². The standard InChI is InChI=1S/C25H29N3O4S/c1-14(2)26-23(29)12-32-21-8-7-18(11-22(21)31-6)24(30)28-25-27-20(13-33-25)19-10-16(4)15(3)9-17(19)5/h7-11,13-14H,12H2,1-6H3,(H,26,29)(H,27,28,30). The summed E-state index contributed by atoms with van der Waals surface area (Å²) in [5.74, 6) is 0.211. The van der Waals surface area contributed by atoms with Crippen molar-refractivity contribution in [3.8, 4) is 22.8 Å². The van der Waals surface area contributed by atoms with Crippen LogP contribution in [-0.4, -0.2) is 36.6 Å². The Kier molecular flexibility index (Phi) is 7.71. The van der Waals surface area contributed by atoms with Crippen molar-refractivity contribution in [3.63, 3.8) is 0 Å². The molecule has 33 heavy (non-hydrogen) atoms. The van der Waals surface area contributed by atoms with E-state index in [0.717, 1.165) is 16.8 Å². The number of nitrogens with zero attached hydrogens (tertiary/aromatic N) is 1. The second-order valence-corrected chi connectivity index (χ2v) is 8.98. The SMILES string of the molecule is COc1cc(C(=O)Nc2nc(-c3cc(C)c(C)cc3C)cs2)ccc1OCC(=O)NC(C)C. The highest BCUT2D eigenvalue weighted by atomic mass is 32.1. The molecule has 0 unspecified atom stereocenters. The number of benzene rings is 2. The molecule has 3 rings (SSSR count). The van der Waals surface area contributed by atoms with Crippen LogP contribution in [0.25, 0.3) is 11.3 Å². The van der Waals surface area contributed by atoms with E-state index >= 15 is 0 Å². The Morgan fingerprint density at radius 1 is 1.03 bits per heavy atom. The van der Waals surface area contributed by atoms with Gasteiger partial charge in [-0.25, -0.2) is 4.98 Å². The van der Waals surface area contributed by atoms with Crippen molar-refractivity contribution in [1.82, 2.24) is 10.3 Å². The molecule has 2 aromatic carbocycles. The van der Waals surface area contributed by atoms with Crippen LogP contribution in [-0.2, 0) is 4.79 Å². The molecule has 0 bridgehead atoms. The van der Waals surface area contributed by atoms with Crippen LogP contribution in [0.3, 0.4) is 0 Å². The van der Waals surface area contributed by atoms with Crippen LogP contribution in [0.5, 0.6) is 11.5 Å². The van der Waals surface area contributed by atoms with Gasteiger partial charge in [0.25, 0.3) is 11.8 Å². The Balaban J connectivity index is 1.71.